The first kappa shape index (κ1) is 17.5. The zero-order chi connectivity index (χ0) is 17.1. The minimum absolute atomic E-state index is 0.110. The Morgan fingerprint density at radius 1 is 1.35 bits per heavy atom. The Balaban J connectivity index is 2.21. The number of amides is 1. The van der Waals surface area contributed by atoms with Crippen LogP contribution in [0.4, 0.5) is 0 Å². The Hall–Kier alpha value is -1.83. The molecule has 2 heterocycles. The van der Waals surface area contributed by atoms with Crippen molar-refractivity contribution in [2.45, 2.75) is 39.0 Å². The van der Waals surface area contributed by atoms with Gasteiger partial charge in [0.2, 0.25) is 5.91 Å². The number of carbonyl (C=O) groups is 3. The van der Waals surface area contributed by atoms with Crippen molar-refractivity contribution in [3.63, 3.8) is 0 Å². The Bertz CT molecular complexity index is 641. The third-order valence-corrected chi connectivity index (χ3v) is 5.15. The van der Waals surface area contributed by atoms with Gasteiger partial charge in [-0.2, -0.15) is 5.10 Å². The van der Waals surface area contributed by atoms with Crippen molar-refractivity contribution in [2.24, 2.45) is 0 Å². The normalized spacial score (nSPS) is 17.4. The second kappa shape index (κ2) is 7.16. The molecule has 0 aromatic carbocycles. The van der Waals surface area contributed by atoms with Gasteiger partial charge in [0.15, 0.2) is 5.37 Å². The number of nitrogens with zero attached hydrogens (tertiary/aromatic N) is 3. The summed E-state index contributed by atoms with van der Waals surface area (Å²) in [5.41, 5.74) is 2.31. The van der Waals surface area contributed by atoms with Gasteiger partial charge < -0.3 is 9.64 Å². The first-order chi connectivity index (χ1) is 10.9. The Kier molecular flexibility index (Phi) is 5.46. The number of esters is 1. The van der Waals surface area contributed by atoms with Crippen molar-refractivity contribution < 1.29 is 19.1 Å². The van der Waals surface area contributed by atoms with Gasteiger partial charge in [-0.25, -0.2) is 4.68 Å². The van der Waals surface area contributed by atoms with Gasteiger partial charge in [-0.05, 0) is 25.8 Å². The van der Waals surface area contributed by atoms with Crippen molar-refractivity contribution in [2.75, 3.05) is 19.4 Å². The summed E-state index contributed by atoms with van der Waals surface area (Å²) >= 11 is 1.45. The minimum atomic E-state index is -0.529. The summed E-state index contributed by atoms with van der Waals surface area (Å²) in [5, 5.41) is 3.79. The number of carbonyl (C=O) groups excluding carboxylic acids is 3. The molecule has 1 unspecified atom stereocenters. The van der Waals surface area contributed by atoms with Crippen LogP contribution in [0.15, 0.2) is 0 Å². The van der Waals surface area contributed by atoms with Crippen molar-refractivity contribution in [1.29, 1.82) is 0 Å². The van der Waals surface area contributed by atoms with Crippen molar-refractivity contribution in [1.82, 2.24) is 14.7 Å². The molecule has 7 nitrogen and oxygen atoms in total. The lowest BCUT2D eigenvalue weighted by Gasteiger charge is -2.21. The summed E-state index contributed by atoms with van der Waals surface area (Å²) in [6.07, 6.45) is 0.724. The fourth-order valence-electron chi connectivity index (χ4n) is 2.68. The Morgan fingerprint density at radius 2 is 2.04 bits per heavy atom. The van der Waals surface area contributed by atoms with Gasteiger partial charge >= 0.3 is 5.97 Å². The fourth-order valence-corrected chi connectivity index (χ4v) is 3.88. The Morgan fingerprint density at radius 3 is 2.65 bits per heavy atom. The van der Waals surface area contributed by atoms with Crippen LogP contribution >= 0.6 is 11.8 Å². The molecule has 126 valence electrons. The van der Waals surface area contributed by atoms with Crippen LogP contribution in [-0.4, -0.2) is 57.2 Å². The van der Waals surface area contributed by atoms with Crippen LogP contribution < -0.4 is 0 Å². The number of hydrogen-bond acceptors (Lipinski definition) is 6. The van der Waals surface area contributed by atoms with Crippen LogP contribution in [0.1, 0.15) is 35.1 Å². The number of thioether (sulfide) groups is 1. The molecule has 1 aromatic rings. The molecule has 0 N–H and O–H groups in total. The van der Waals surface area contributed by atoms with Crippen molar-refractivity contribution in [3.05, 3.63) is 17.0 Å². The molecule has 0 spiro atoms. The van der Waals surface area contributed by atoms with E-state index in [4.69, 9.17) is 0 Å². The molecule has 23 heavy (non-hydrogen) atoms. The second-order valence-electron chi connectivity index (χ2n) is 5.41. The predicted octanol–water partition coefficient (Wildman–Crippen LogP) is 1.17. The predicted molar refractivity (Wildman–Crippen MR) is 86.3 cm³/mol. The van der Waals surface area contributed by atoms with E-state index in [1.165, 1.54) is 30.5 Å². The molecule has 0 aliphatic carbocycles. The van der Waals surface area contributed by atoms with Crippen LogP contribution in [0, 0.1) is 13.8 Å². The van der Waals surface area contributed by atoms with E-state index in [0.29, 0.717) is 18.7 Å². The number of ether oxygens (including phenoxy) is 1. The van der Waals surface area contributed by atoms with E-state index < -0.39 is 5.37 Å². The molecular formula is C15H21N3O4S. The summed E-state index contributed by atoms with van der Waals surface area (Å²) in [7, 11) is 1.35. The van der Waals surface area contributed by atoms with Crippen LogP contribution in [-0.2, 0) is 20.7 Å². The number of rotatable bonds is 4. The molecule has 1 fully saturated rings. The standard InChI is InChI=1S/C15H21N3O4S/c1-9-12(5-6-13(20)22-4)10(2)18(16-9)14(21)15-17(11(3)19)7-8-23-15/h15H,5-8H2,1-4H3. The van der Waals surface area contributed by atoms with Gasteiger partial charge in [-0.15, -0.1) is 11.8 Å². The average Bonchev–Trinajstić information content (AvgIpc) is 3.10. The molecule has 2 rings (SSSR count). The molecule has 1 aliphatic heterocycles. The molecule has 1 amide bonds. The number of methoxy groups -OCH3 is 1. The van der Waals surface area contributed by atoms with Crippen molar-refractivity contribution >= 4 is 29.5 Å². The lowest BCUT2D eigenvalue weighted by atomic mass is 10.1. The largest absolute Gasteiger partial charge is 0.469 e. The number of hydrogen-bond donors (Lipinski definition) is 0. The molecule has 1 saturated heterocycles. The molecule has 1 aliphatic rings. The maximum Gasteiger partial charge on any atom is 0.305 e. The smallest absolute Gasteiger partial charge is 0.305 e. The van der Waals surface area contributed by atoms with Crippen LogP contribution in [0.5, 0.6) is 0 Å². The second-order valence-corrected chi connectivity index (χ2v) is 6.60. The molecule has 1 aromatic heterocycles. The third-order valence-electron chi connectivity index (χ3n) is 3.96. The monoisotopic (exact) mass is 339 g/mol. The number of aryl methyl sites for hydroxylation is 1. The SMILES string of the molecule is COC(=O)CCc1c(C)nn(C(=O)C2SCCN2C(C)=O)c1C. The number of aromatic nitrogens is 2. The molecular weight excluding hydrogens is 318 g/mol. The maximum atomic E-state index is 12.7. The topological polar surface area (TPSA) is 81.5 Å². The molecule has 1 atom stereocenters. The molecule has 0 saturated carbocycles. The summed E-state index contributed by atoms with van der Waals surface area (Å²) < 4.78 is 6.01. The van der Waals surface area contributed by atoms with Gasteiger partial charge in [-0.3, -0.25) is 14.4 Å². The first-order valence-electron chi connectivity index (χ1n) is 7.41. The quantitative estimate of drug-likeness (QED) is 0.766. The van der Waals surface area contributed by atoms with E-state index in [2.05, 4.69) is 9.84 Å². The maximum absolute atomic E-state index is 12.7. The lowest BCUT2D eigenvalue weighted by molar-refractivity contribution is -0.140. The summed E-state index contributed by atoms with van der Waals surface area (Å²) in [4.78, 5) is 37.3. The van der Waals surface area contributed by atoms with E-state index in [0.717, 1.165) is 17.0 Å². The zero-order valence-corrected chi connectivity index (χ0v) is 14.6. The summed E-state index contributed by atoms with van der Waals surface area (Å²) in [5.74, 6) is 0.121. The van der Waals surface area contributed by atoms with E-state index in [9.17, 15) is 14.4 Å². The highest BCUT2D eigenvalue weighted by atomic mass is 32.2. The van der Waals surface area contributed by atoms with E-state index in [1.54, 1.807) is 4.90 Å². The van der Waals surface area contributed by atoms with E-state index >= 15 is 0 Å². The van der Waals surface area contributed by atoms with Crippen LogP contribution in [0.3, 0.4) is 0 Å². The van der Waals surface area contributed by atoms with E-state index in [-0.39, 0.29) is 24.2 Å². The zero-order valence-electron chi connectivity index (χ0n) is 13.8. The molecule has 8 heteroatoms. The van der Waals surface area contributed by atoms with Gasteiger partial charge in [-0.1, -0.05) is 0 Å². The summed E-state index contributed by atoms with van der Waals surface area (Å²) in [6, 6.07) is 0. The van der Waals surface area contributed by atoms with Gasteiger partial charge in [0.1, 0.15) is 0 Å². The van der Waals surface area contributed by atoms with Gasteiger partial charge in [0.05, 0.1) is 12.8 Å². The third kappa shape index (κ3) is 3.57. The summed E-state index contributed by atoms with van der Waals surface area (Å²) in [6.45, 7) is 5.66. The Labute approximate surface area is 139 Å². The lowest BCUT2D eigenvalue weighted by Crippen LogP contribution is -2.41. The first-order valence-corrected chi connectivity index (χ1v) is 8.46. The average molecular weight is 339 g/mol. The molecule has 0 bridgehead atoms. The van der Waals surface area contributed by atoms with E-state index in [1.807, 2.05) is 13.8 Å². The van der Waals surface area contributed by atoms with Crippen LogP contribution in [0.2, 0.25) is 0 Å². The van der Waals surface area contributed by atoms with Gasteiger partial charge in [0.25, 0.3) is 5.91 Å². The van der Waals surface area contributed by atoms with Gasteiger partial charge in [0, 0.05) is 31.3 Å². The van der Waals surface area contributed by atoms with Crippen molar-refractivity contribution in [3.8, 4) is 0 Å². The van der Waals surface area contributed by atoms with Crippen LogP contribution in [0.25, 0.3) is 0 Å². The minimum Gasteiger partial charge on any atom is -0.469 e. The highest BCUT2D eigenvalue weighted by Gasteiger charge is 2.35. The molecule has 0 radical (unpaired) electrons. The fraction of sp³-hybridized carbons (Fsp3) is 0.600. The highest BCUT2D eigenvalue weighted by Crippen LogP contribution is 2.26. The highest BCUT2D eigenvalue weighted by molar-refractivity contribution is 8.00.